The molecule has 0 spiro atoms. The predicted molar refractivity (Wildman–Crippen MR) is 118 cm³/mol. The minimum atomic E-state index is -2.97. The third kappa shape index (κ3) is 5.77. The van der Waals surface area contributed by atoms with Gasteiger partial charge in [0.25, 0.3) is 0 Å². The number of nitrogens with zero attached hydrogens (tertiary/aromatic N) is 1. The minimum Gasteiger partial charge on any atom is -0.340 e. The van der Waals surface area contributed by atoms with Gasteiger partial charge in [-0.15, -0.1) is 11.3 Å². The average molecular weight is 423 g/mol. The molecular formula is C20H26N2O2S3. The second-order valence-corrected chi connectivity index (χ2v) is 10.6. The molecule has 3 rings (SSSR count). The van der Waals surface area contributed by atoms with Crippen molar-refractivity contribution < 1.29 is 8.42 Å². The maximum atomic E-state index is 12.0. The Morgan fingerprint density at radius 1 is 1.30 bits per heavy atom. The second-order valence-electron chi connectivity index (χ2n) is 6.99. The molecule has 0 amide bonds. The van der Waals surface area contributed by atoms with Gasteiger partial charge in [-0.25, -0.2) is 8.42 Å². The zero-order valence-corrected chi connectivity index (χ0v) is 18.0. The number of unbranched alkanes of at least 4 members (excludes halogenated alkanes) is 1. The van der Waals surface area contributed by atoms with E-state index in [9.17, 15) is 8.42 Å². The van der Waals surface area contributed by atoms with Crippen LogP contribution in [0, 0.1) is 0 Å². The van der Waals surface area contributed by atoms with Crippen molar-refractivity contribution in [3.05, 3.63) is 52.2 Å². The molecule has 1 aromatic carbocycles. The van der Waals surface area contributed by atoms with Gasteiger partial charge in [-0.3, -0.25) is 0 Å². The highest BCUT2D eigenvalue weighted by Gasteiger charge is 2.33. The number of anilines is 1. The van der Waals surface area contributed by atoms with Crippen LogP contribution in [0.15, 0.2) is 41.8 Å². The number of benzene rings is 1. The summed E-state index contributed by atoms with van der Waals surface area (Å²) < 4.78 is 23.9. The number of sulfone groups is 1. The van der Waals surface area contributed by atoms with E-state index in [0.29, 0.717) is 18.1 Å². The summed E-state index contributed by atoms with van der Waals surface area (Å²) in [5.41, 5.74) is 2.27. The van der Waals surface area contributed by atoms with E-state index in [-0.39, 0.29) is 17.5 Å². The van der Waals surface area contributed by atoms with Crippen molar-refractivity contribution in [3.8, 4) is 0 Å². The molecule has 0 saturated carbocycles. The molecule has 1 atom stereocenters. The van der Waals surface area contributed by atoms with Gasteiger partial charge in [0.2, 0.25) is 0 Å². The van der Waals surface area contributed by atoms with Gasteiger partial charge in [0.05, 0.1) is 18.1 Å². The highest BCUT2D eigenvalue weighted by atomic mass is 32.2. The molecule has 1 aliphatic rings. The molecule has 2 aromatic rings. The number of aryl methyl sites for hydroxylation is 1. The van der Waals surface area contributed by atoms with Crippen molar-refractivity contribution >= 4 is 44.2 Å². The van der Waals surface area contributed by atoms with Crippen LogP contribution in [0.2, 0.25) is 0 Å². The minimum absolute atomic E-state index is 0.0686. The molecule has 1 aromatic heterocycles. The first kappa shape index (κ1) is 20.3. The molecule has 0 aliphatic carbocycles. The number of hydrogen-bond donors (Lipinski definition) is 1. The zero-order chi connectivity index (χ0) is 19.3. The van der Waals surface area contributed by atoms with Crippen LogP contribution in [0.4, 0.5) is 5.69 Å². The maximum Gasteiger partial charge on any atom is 0.174 e. The first-order valence-electron chi connectivity index (χ1n) is 9.36. The molecule has 0 bridgehead atoms. The number of nitrogens with one attached hydrogen (secondary N) is 1. The summed E-state index contributed by atoms with van der Waals surface area (Å²) in [7, 11) is -2.97. The normalized spacial score (nSPS) is 18.3. The van der Waals surface area contributed by atoms with Crippen LogP contribution in [0.25, 0.3) is 0 Å². The standard InChI is InChI=1S/C20H26N2O2S3/c1-2-3-5-16-7-9-17(10-8-16)21-20(25)22(14-19-6-4-12-26-19)18-11-13-27(23,24)15-18/h4,6-10,12,18H,2-3,5,11,13-15H2,1H3,(H,21,25)/t18-/m0/s1. The molecule has 1 N–H and O–H groups in total. The van der Waals surface area contributed by atoms with Crippen LogP contribution in [0.5, 0.6) is 0 Å². The molecule has 146 valence electrons. The third-order valence-electron chi connectivity index (χ3n) is 4.84. The van der Waals surface area contributed by atoms with Gasteiger partial charge in [0, 0.05) is 16.6 Å². The fourth-order valence-corrected chi connectivity index (χ4v) is 6.05. The lowest BCUT2D eigenvalue weighted by molar-refractivity contribution is 0.335. The summed E-state index contributed by atoms with van der Waals surface area (Å²) in [5.74, 6) is 0.420. The van der Waals surface area contributed by atoms with E-state index >= 15 is 0 Å². The van der Waals surface area contributed by atoms with E-state index in [0.717, 1.165) is 12.1 Å². The van der Waals surface area contributed by atoms with Gasteiger partial charge >= 0.3 is 0 Å². The van der Waals surface area contributed by atoms with Crippen LogP contribution in [0.3, 0.4) is 0 Å². The van der Waals surface area contributed by atoms with Crippen LogP contribution >= 0.6 is 23.6 Å². The second kappa shape index (κ2) is 9.17. The highest BCUT2D eigenvalue weighted by molar-refractivity contribution is 7.91. The van der Waals surface area contributed by atoms with E-state index < -0.39 is 9.84 Å². The molecule has 1 fully saturated rings. The highest BCUT2D eigenvalue weighted by Crippen LogP contribution is 2.23. The number of thiocarbonyl (C=S) groups is 1. The molecule has 7 heteroatoms. The van der Waals surface area contributed by atoms with Crippen molar-refractivity contribution in [2.75, 3.05) is 16.8 Å². The molecule has 0 radical (unpaired) electrons. The van der Waals surface area contributed by atoms with E-state index in [4.69, 9.17) is 12.2 Å². The van der Waals surface area contributed by atoms with Gasteiger partial charge in [-0.1, -0.05) is 31.5 Å². The van der Waals surface area contributed by atoms with Crippen molar-refractivity contribution in [3.63, 3.8) is 0 Å². The summed E-state index contributed by atoms with van der Waals surface area (Å²) in [6.07, 6.45) is 4.10. The Morgan fingerprint density at radius 3 is 2.67 bits per heavy atom. The molecule has 1 aliphatic heterocycles. The SMILES string of the molecule is CCCCc1ccc(NC(=S)N(Cc2cccs2)[C@H]2CCS(=O)(=O)C2)cc1. The van der Waals surface area contributed by atoms with Gasteiger partial charge in [0.15, 0.2) is 14.9 Å². The smallest absolute Gasteiger partial charge is 0.174 e. The van der Waals surface area contributed by atoms with Crippen LogP contribution < -0.4 is 5.32 Å². The van der Waals surface area contributed by atoms with Gasteiger partial charge in [-0.2, -0.15) is 0 Å². The van der Waals surface area contributed by atoms with Gasteiger partial charge in [-0.05, 0) is 60.6 Å². The fraction of sp³-hybridized carbons (Fsp3) is 0.450. The van der Waals surface area contributed by atoms with E-state index in [1.807, 2.05) is 28.5 Å². The third-order valence-corrected chi connectivity index (χ3v) is 7.79. The molecule has 0 unspecified atom stereocenters. The monoisotopic (exact) mass is 422 g/mol. The summed E-state index contributed by atoms with van der Waals surface area (Å²) in [5, 5.41) is 5.93. The lowest BCUT2D eigenvalue weighted by Crippen LogP contribution is -2.42. The molecular weight excluding hydrogens is 396 g/mol. The van der Waals surface area contributed by atoms with Gasteiger partial charge in [0.1, 0.15) is 0 Å². The largest absolute Gasteiger partial charge is 0.340 e. The van der Waals surface area contributed by atoms with E-state index in [2.05, 4.69) is 30.4 Å². The van der Waals surface area contributed by atoms with Crippen LogP contribution in [0.1, 0.15) is 36.6 Å². The molecule has 4 nitrogen and oxygen atoms in total. The quantitative estimate of drug-likeness (QED) is 0.667. The Kier molecular flexibility index (Phi) is 6.89. The fourth-order valence-electron chi connectivity index (χ4n) is 3.29. The van der Waals surface area contributed by atoms with Crippen molar-refractivity contribution in [2.45, 2.75) is 45.2 Å². The lowest BCUT2D eigenvalue weighted by atomic mass is 10.1. The summed E-state index contributed by atoms with van der Waals surface area (Å²) in [6.45, 7) is 2.83. The van der Waals surface area contributed by atoms with Crippen molar-refractivity contribution in [2.24, 2.45) is 0 Å². The zero-order valence-electron chi connectivity index (χ0n) is 15.6. The van der Waals surface area contributed by atoms with Crippen LogP contribution in [-0.4, -0.2) is 36.0 Å². The van der Waals surface area contributed by atoms with E-state index in [1.165, 1.54) is 23.3 Å². The number of thiophene rings is 1. The number of hydrogen-bond acceptors (Lipinski definition) is 4. The summed E-state index contributed by atoms with van der Waals surface area (Å²) >= 11 is 7.33. The van der Waals surface area contributed by atoms with Crippen molar-refractivity contribution in [1.29, 1.82) is 0 Å². The van der Waals surface area contributed by atoms with E-state index in [1.54, 1.807) is 11.3 Å². The lowest BCUT2D eigenvalue weighted by Gasteiger charge is -2.30. The maximum absolute atomic E-state index is 12.0. The molecule has 2 heterocycles. The Hall–Kier alpha value is -1.44. The van der Waals surface area contributed by atoms with Crippen molar-refractivity contribution in [1.82, 2.24) is 4.90 Å². The first-order valence-corrected chi connectivity index (χ1v) is 12.5. The molecule has 1 saturated heterocycles. The van der Waals surface area contributed by atoms with Crippen LogP contribution in [-0.2, 0) is 22.8 Å². The first-order chi connectivity index (χ1) is 13.0. The molecule has 27 heavy (non-hydrogen) atoms. The number of rotatable bonds is 7. The Morgan fingerprint density at radius 2 is 2.07 bits per heavy atom. The Bertz CT molecular complexity index is 846. The summed E-state index contributed by atoms with van der Waals surface area (Å²) in [4.78, 5) is 3.22. The predicted octanol–water partition coefficient (Wildman–Crippen LogP) is 4.48. The summed E-state index contributed by atoms with van der Waals surface area (Å²) in [6, 6.07) is 12.4. The average Bonchev–Trinajstić information content (AvgIpc) is 3.28. The van der Waals surface area contributed by atoms with Gasteiger partial charge < -0.3 is 10.2 Å². The Labute approximate surface area is 171 Å². The Balaban J connectivity index is 1.70. The topological polar surface area (TPSA) is 49.4 Å².